The van der Waals surface area contributed by atoms with Crippen LogP contribution >= 0.6 is 0 Å². The summed E-state index contributed by atoms with van der Waals surface area (Å²) in [6.07, 6.45) is -2.04. The topological polar surface area (TPSA) is 68.7 Å². The maximum atomic E-state index is 13.6. The Morgan fingerprint density at radius 3 is 2.46 bits per heavy atom. The van der Waals surface area contributed by atoms with Crippen molar-refractivity contribution in [1.29, 1.82) is 0 Å². The van der Waals surface area contributed by atoms with Gasteiger partial charge in [-0.1, -0.05) is 0 Å². The van der Waals surface area contributed by atoms with Crippen LogP contribution in [-0.4, -0.2) is 54.0 Å². The van der Waals surface area contributed by atoms with Crippen LogP contribution in [0.25, 0.3) is 11.3 Å². The summed E-state index contributed by atoms with van der Waals surface area (Å²) in [5, 5.41) is 0. The number of ether oxygens (including phenoxy) is 2. The van der Waals surface area contributed by atoms with Crippen molar-refractivity contribution in [1.82, 2.24) is 9.88 Å². The minimum absolute atomic E-state index is 0.0844. The Morgan fingerprint density at radius 1 is 1.14 bits per heavy atom. The largest absolute Gasteiger partial charge is 0.489 e. The third-order valence-corrected chi connectivity index (χ3v) is 5.25. The number of halogens is 5. The standard InChI is InChI=1S/C24H23F5N2O4/c1-2-34-21(32)4-3-13-35-20-8-6-16(14-18(20)24(27,28)29)19-7-5-17(15-30-19)22(33)31-11-9-23(25,26)10-12-31/h3-8,14-15H,2,9-13H2,1H3/b4-3+. The van der Waals surface area contributed by atoms with Gasteiger partial charge in [0.2, 0.25) is 0 Å². The second-order valence-electron chi connectivity index (χ2n) is 7.75. The van der Waals surface area contributed by atoms with E-state index in [1.54, 1.807) is 6.92 Å². The molecular weight excluding hydrogens is 475 g/mol. The number of benzene rings is 1. The second-order valence-corrected chi connectivity index (χ2v) is 7.75. The number of nitrogens with zero attached hydrogens (tertiary/aromatic N) is 2. The molecule has 0 aliphatic carbocycles. The number of alkyl halides is 5. The van der Waals surface area contributed by atoms with E-state index in [4.69, 9.17) is 4.74 Å². The van der Waals surface area contributed by atoms with Gasteiger partial charge in [0.1, 0.15) is 12.4 Å². The van der Waals surface area contributed by atoms with Crippen molar-refractivity contribution in [3.8, 4) is 17.0 Å². The van der Waals surface area contributed by atoms with Crippen molar-refractivity contribution >= 4 is 11.9 Å². The van der Waals surface area contributed by atoms with Gasteiger partial charge in [-0.25, -0.2) is 13.6 Å². The van der Waals surface area contributed by atoms with E-state index in [1.165, 1.54) is 35.4 Å². The summed E-state index contributed by atoms with van der Waals surface area (Å²) < 4.78 is 77.3. The molecule has 1 aromatic carbocycles. The Bertz CT molecular complexity index is 1070. The molecular formula is C24H23F5N2O4. The van der Waals surface area contributed by atoms with E-state index < -0.39 is 48.1 Å². The molecule has 6 nitrogen and oxygen atoms in total. The number of esters is 1. The highest BCUT2D eigenvalue weighted by Gasteiger charge is 2.36. The van der Waals surface area contributed by atoms with Crippen LogP contribution in [0, 0.1) is 0 Å². The predicted octanol–water partition coefficient (Wildman–Crippen LogP) is 5.14. The van der Waals surface area contributed by atoms with Crippen molar-refractivity contribution < 1.29 is 41.0 Å². The van der Waals surface area contributed by atoms with Crippen molar-refractivity contribution in [2.75, 3.05) is 26.3 Å². The first-order valence-corrected chi connectivity index (χ1v) is 10.8. The SMILES string of the molecule is CCOC(=O)/C=C/COc1ccc(-c2ccc(C(=O)N3CCC(F)(F)CC3)cn2)cc1C(F)(F)F. The molecule has 1 amide bonds. The first kappa shape index (κ1) is 26.1. The lowest BCUT2D eigenvalue weighted by atomic mass is 10.0. The molecule has 2 heterocycles. The molecule has 0 atom stereocenters. The average molecular weight is 498 g/mol. The lowest BCUT2D eigenvalue weighted by Gasteiger charge is -2.31. The van der Waals surface area contributed by atoms with Crippen LogP contribution in [0.1, 0.15) is 35.7 Å². The van der Waals surface area contributed by atoms with E-state index in [-0.39, 0.29) is 43.1 Å². The third kappa shape index (κ3) is 7.00. The van der Waals surface area contributed by atoms with Gasteiger partial charge in [0, 0.05) is 43.8 Å². The van der Waals surface area contributed by atoms with E-state index in [1.807, 2.05) is 0 Å². The van der Waals surface area contributed by atoms with Gasteiger partial charge in [0.05, 0.1) is 23.4 Å². The van der Waals surface area contributed by atoms with E-state index in [0.29, 0.717) is 0 Å². The zero-order valence-corrected chi connectivity index (χ0v) is 18.8. The van der Waals surface area contributed by atoms with Crippen LogP contribution in [0.4, 0.5) is 22.0 Å². The maximum absolute atomic E-state index is 13.6. The minimum Gasteiger partial charge on any atom is -0.489 e. The number of pyridine rings is 1. The Morgan fingerprint density at radius 2 is 1.86 bits per heavy atom. The summed E-state index contributed by atoms with van der Waals surface area (Å²) in [4.78, 5) is 29.2. The molecule has 11 heteroatoms. The van der Waals surface area contributed by atoms with Crippen molar-refractivity contribution in [2.45, 2.75) is 31.9 Å². The van der Waals surface area contributed by atoms with Crippen LogP contribution in [0.5, 0.6) is 5.75 Å². The molecule has 188 valence electrons. The normalized spacial score (nSPS) is 15.8. The zero-order chi connectivity index (χ0) is 25.6. The van der Waals surface area contributed by atoms with Crippen LogP contribution in [0.15, 0.2) is 48.7 Å². The molecule has 1 fully saturated rings. The molecule has 1 aromatic heterocycles. The van der Waals surface area contributed by atoms with Crippen LogP contribution in [0.3, 0.4) is 0 Å². The van der Waals surface area contributed by atoms with Gasteiger partial charge < -0.3 is 14.4 Å². The zero-order valence-electron chi connectivity index (χ0n) is 18.8. The lowest BCUT2D eigenvalue weighted by Crippen LogP contribution is -2.42. The fourth-order valence-corrected chi connectivity index (χ4v) is 3.42. The average Bonchev–Trinajstić information content (AvgIpc) is 2.81. The van der Waals surface area contributed by atoms with Crippen molar-refractivity contribution in [3.05, 3.63) is 59.8 Å². The first-order valence-electron chi connectivity index (χ1n) is 10.8. The number of amides is 1. The molecule has 35 heavy (non-hydrogen) atoms. The van der Waals surface area contributed by atoms with Gasteiger partial charge in [-0.3, -0.25) is 9.78 Å². The van der Waals surface area contributed by atoms with Crippen LogP contribution in [-0.2, 0) is 15.7 Å². The Balaban J connectivity index is 1.73. The number of hydrogen-bond acceptors (Lipinski definition) is 5. The molecule has 1 aliphatic rings. The van der Waals surface area contributed by atoms with Crippen LogP contribution in [0.2, 0.25) is 0 Å². The predicted molar refractivity (Wildman–Crippen MR) is 116 cm³/mol. The van der Waals surface area contributed by atoms with E-state index >= 15 is 0 Å². The second kappa shape index (κ2) is 10.8. The quantitative estimate of drug-likeness (QED) is 0.301. The molecule has 0 spiro atoms. The lowest BCUT2D eigenvalue weighted by molar-refractivity contribution is -0.139. The molecule has 0 bridgehead atoms. The molecule has 0 saturated carbocycles. The summed E-state index contributed by atoms with van der Waals surface area (Å²) >= 11 is 0. The highest BCUT2D eigenvalue weighted by molar-refractivity contribution is 5.94. The van der Waals surface area contributed by atoms with Crippen molar-refractivity contribution in [3.63, 3.8) is 0 Å². The summed E-state index contributed by atoms with van der Waals surface area (Å²) in [5.74, 6) is -4.31. The fourth-order valence-electron chi connectivity index (χ4n) is 3.42. The fraction of sp³-hybridized carbons (Fsp3) is 0.375. The van der Waals surface area contributed by atoms with Gasteiger partial charge in [-0.2, -0.15) is 13.2 Å². The van der Waals surface area contributed by atoms with E-state index in [9.17, 15) is 31.5 Å². The minimum atomic E-state index is -4.72. The summed E-state index contributed by atoms with van der Waals surface area (Å²) in [6.45, 7) is 1.35. The number of carbonyl (C=O) groups is 2. The molecule has 0 unspecified atom stereocenters. The number of aromatic nitrogens is 1. The van der Waals surface area contributed by atoms with Crippen LogP contribution < -0.4 is 4.74 Å². The third-order valence-electron chi connectivity index (χ3n) is 5.25. The van der Waals surface area contributed by atoms with Gasteiger partial charge in [-0.05, 0) is 43.3 Å². The number of carbonyl (C=O) groups excluding carboxylic acids is 2. The van der Waals surface area contributed by atoms with E-state index in [2.05, 4.69) is 9.72 Å². The Kier molecular flexibility index (Phi) is 8.08. The van der Waals surface area contributed by atoms with Gasteiger partial charge in [-0.15, -0.1) is 0 Å². The smallest absolute Gasteiger partial charge is 0.419 e. The first-order chi connectivity index (χ1) is 16.5. The number of piperidine rings is 1. The molecule has 1 aliphatic heterocycles. The van der Waals surface area contributed by atoms with E-state index in [0.717, 1.165) is 18.2 Å². The number of rotatable bonds is 7. The van der Waals surface area contributed by atoms with Gasteiger partial charge in [0.25, 0.3) is 11.8 Å². The number of likely N-dealkylation sites (tertiary alicyclic amines) is 1. The summed E-state index contributed by atoms with van der Waals surface area (Å²) in [7, 11) is 0. The molecule has 0 N–H and O–H groups in total. The molecule has 3 rings (SSSR count). The Hall–Kier alpha value is -3.50. The monoisotopic (exact) mass is 498 g/mol. The maximum Gasteiger partial charge on any atom is 0.419 e. The summed E-state index contributed by atoms with van der Waals surface area (Å²) in [5.41, 5.74) is -0.548. The number of hydrogen-bond donors (Lipinski definition) is 0. The summed E-state index contributed by atoms with van der Waals surface area (Å²) in [6, 6.07) is 6.20. The van der Waals surface area contributed by atoms with Gasteiger partial charge >= 0.3 is 12.1 Å². The Labute approximate surface area is 198 Å². The molecule has 2 aromatic rings. The van der Waals surface area contributed by atoms with Crippen molar-refractivity contribution in [2.24, 2.45) is 0 Å². The molecule has 1 saturated heterocycles. The molecule has 0 radical (unpaired) electrons. The highest BCUT2D eigenvalue weighted by atomic mass is 19.4. The van der Waals surface area contributed by atoms with Gasteiger partial charge in [0.15, 0.2) is 0 Å². The highest BCUT2D eigenvalue weighted by Crippen LogP contribution is 2.38.